The third-order valence-corrected chi connectivity index (χ3v) is 6.76. The quantitative estimate of drug-likeness (QED) is 0.499. The SMILES string of the molecule is CCCCCCCCP(=O)(O)OP(C)(C)(C)C. The molecule has 0 radical (unpaired) electrons. The fraction of sp³-hybridized carbons (Fsp3) is 1.00. The van der Waals surface area contributed by atoms with Crippen LogP contribution in [0.15, 0.2) is 0 Å². The summed E-state index contributed by atoms with van der Waals surface area (Å²) in [6.07, 6.45) is 7.02. The van der Waals surface area contributed by atoms with E-state index in [9.17, 15) is 9.46 Å². The van der Waals surface area contributed by atoms with Crippen molar-refractivity contribution in [2.24, 2.45) is 0 Å². The molecule has 0 fully saturated rings. The average Bonchev–Trinajstić information content (AvgIpc) is 2.05. The van der Waals surface area contributed by atoms with Gasteiger partial charge in [0, 0.05) is 0 Å². The molecule has 0 aliphatic heterocycles. The molecular formula is C12H30O3P2. The molecule has 0 saturated heterocycles. The number of unbranched alkanes of at least 4 members (excludes halogenated alkanes) is 5. The Balaban J connectivity index is 3.84. The summed E-state index contributed by atoms with van der Waals surface area (Å²) in [5, 5.41) is 0. The Bertz CT molecular complexity index is 259. The summed E-state index contributed by atoms with van der Waals surface area (Å²) in [5.74, 6) is 0. The molecule has 0 rings (SSSR count). The van der Waals surface area contributed by atoms with Gasteiger partial charge in [-0.05, 0) is 0 Å². The van der Waals surface area contributed by atoms with Crippen molar-refractivity contribution in [3.8, 4) is 0 Å². The Morgan fingerprint density at radius 3 is 1.94 bits per heavy atom. The van der Waals surface area contributed by atoms with Gasteiger partial charge in [-0.3, -0.25) is 0 Å². The zero-order chi connectivity index (χ0) is 13.6. The van der Waals surface area contributed by atoms with E-state index in [1.54, 1.807) is 0 Å². The van der Waals surface area contributed by atoms with Crippen LogP contribution < -0.4 is 0 Å². The van der Waals surface area contributed by atoms with Crippen LogP contribution in [-0.4, -0.2) is 37.7 Å². The molecule has 0 aliphatic carbocycles. The minimum absolute atomic E-state index is 0.306. The molecule has 17 heavy (non-hydrogen) atoms. The first-order chi connectivity index (χ1) is 7.52. The fourth-order valence-electron chi connectivity index (χ4n) is 1.64. The molecule has 0 aliphatic rings. The molecule has 0 bridgehead atoms. The molecule has 1 atom stereocenters. The molecule has 0 aromatic carbocycles. The molecule has 0 amide bonds. The first kappa shape index (κ1) is 17.6. The standard InChI is InChI=1S/C12H30O3P2/c1-6-7-8-9-10-11-12-16(13,14)15-17(2,3,4)5/h6-12H2,1-5H3,(H,13,14). The van der Waals surface area contributed by atoms with Crippen LogP contribution in [0.5, 0.6) is 0 Å². The summed E-state index contributed by atoms with van der Waals surface area (Å²) in [4.78, 5) is 9.78. The second-order valence-electron chi connectivity index (χ2n) is 6.62. The molecule has 106 valence electrons. The summed E-state index contributed by atoms with van der Waals surface area (Å²) >= 11 is 0. The van der Waals surface area contributed by atoms with Crippen molar-refractivity contribution >= 4 is 14.4 Å². The summed E-state index contributed by atoms with van der Waals surface area (Å²) in [5.41, 5.74) is 0. The van der Waals surface area contributed by atoms with E-state index >= 15 is 0 Å². The van der Waals surface area contributed by atoms with E-state index < -0.39 is 14.4 Å². The van der Waals surface area contributed by atoms with Crippen molar-refractivity contribution in [1.29, 1.82) is 0 Å². The van der Waals surface area contributed by atoms with Crippen LogP contribution in [0, 0.1) is 0 Å². The van der Waals surface area contributed by atoms with Crippen molar-refractivity contribution in [3.63, 3.8) is 0 Å². The third-order valence-electron chi connectivity index (χ3n) is 2.25. The van der Waals surface area contributed by atoms with Crippen LogP contribution in [0.3, 0.4) is 0 Å². The minimum atomic E-state index is -3.38. The van der Waals surface area contributed by atoms with Gasteiger partial charge in [0.1, 0.15) is 0 Å². The second-order valence-corrected chi connectivity index (χ2v) is 15.8. The monoisotopic (exact) mass is 284 g/mol. The van der Waals surface area contributed by atoms with Crippen LogP contribution in [0.2, 0.25) is 0 Å². The Hall–Kier alpha value is 0.580. The van der Waals surface area contributed by atoms with E-state index in [4.69, 9.17) is 4.31 Å². The van der Waals surface area contributed by atoms with Crippen LogP contribution in [0.4, 0.5) is 0 Å². The maximum atomic E-state index is 11.9. The van der Waals surface area contributed by atoms with E-state index in [0.717, 1.165) is 19.3 Å². The van der Waals surface area contributed by atoms with Crippen LogP contribution >= 0.6 is 14.4 Å². The van der Waals surface area contributed by atoms with Gasteiger partial charge < -0.3 is 0 Å². The Kier molecular flexibility index (Phi) is 6.89. The van der Waals surface area contributed by atoms with Gasteiger partial charge in [-0.2, -0.15) is 0 Å². The first-order valence-electron chi connectivity index (χ1n) is 6.56. The van der Waals surface area contributed by atoms with E-state index in [-0.39, 0.29) is 0 Å². The molecule has 1 N–H and O–H groups in total. The number of hydrogen-bond donors (Lipinski definition) is 1. The van der Waals surface area contributed by atoms with Crippen LogP contribution in [-0.2, 0) is 8.88 Å². The Morgan fingerprint density at radius 2 is 1.47 bits per heavy atom. The van der Waals surface area contributed by atoms with Crippen molar-refractivity contribution in [2.45, 2.75) is 45.4 Å². The predicted octanol–water partition coefficient (Wildman–Crippen LogP) is 4.54. The Labute approximate surface area is 107 Å². The second kappa shape index (κ2) is 6.66. The molecule has 0 aromatic heterocycles. The normalized spacial score (nSPS) is 18.4. The van der Waals surface area contributed by atoms with Gasteiger partial charge in [-0.25, -0.2) is 0 Å². The van der Waals surface area contributed by atoms with Gasteiger partial charge in [-0.15, -0.1) is 0 Å². The number of rotatable bonds is 9. The summed E-state index contributed by atoms with van der Waals surface area (Å²) in [7, 11) is -3.38. The maximum absolute atomic E-state index is 11.9. The topological polar surface area (TPSA) is 46.5 Å². The predicted molar refractivity (Wildman–Crippen MR) is 79.8 cm³/mol. The van der Waals surface area contributed by atoms with Gasteiger partial charge in [0.25, 0.3) is 0 Å². The van der Waals surface area contributed by atoms with E-state index in [1.165, 1.54) is 19.3 Å². The molecule has 0 saturated carbocycles. The fourth-order valence-corrected chi connectivity index (χ4v) is 6.68. The summed E-state index contributed by atoms with van der Waals surface area (Å²) < 4.78 is 17.4. The van der Waals surface area contributed by atoms with E-state index in [2.05, 4.69) is 6.92 Å². The zero-order valence-corrected chi connectivity index (χ0v) is 13.9. The van der Waals surface area contributed by atoms with Crippen molar-refractivity contribution in [3.05, 3.63) is 0 Å². The third kappa shape index (κ3) is 12.8. The number of hydrogen-bond acceptors (Lipinski definition) is 2. The zero-order valence-electron chi connectivity index (χ0n) is 12.1. The first-order valence-corrected chi connectivity index (χ1v) is 12.3. The average molecular weight is 284 g/mol. The molecule has 0 spiro atoms. The van der Waals surface area contributed by atoms with Crippen molar-refractivity contribution < 1.29 is 13.8 Å². The molecule has 3 nitrogen and oxygen atoms in total. The van der Waals surface area contributed by atoms with E-state index in [1.807, 2.05) is 26.7 Å². The van der Waals surface area contributed by atoms with Gasteiger partial charge in [0.05, 0.1) is 0 Å². The van der Waals surface area contributed by atoms with Crippen LogP contribution in [0.25, 0.3) is 0 Å². The summed E-state index contributed by atoms with van der Waals surface area (Å²) in [6, 6.07) is 0. The van der Waals surface area contributed by atoms with Gasteiger partial charge in [-0.1, -0.05) is 0 Å². The van der Waals surface area contributed by atoms with E-state index in [0.29, 0.717) is 6.16 Å². The van der Waals surface area contributed by atoms with Gasteiger partial charge >= 0.3 is 106 Å². The van der Waals surface area contributed by atoms with Crippen molar-refractivity contribution in [1.82, 2.24) is 0 Å². The van der Waals surface area contributed by atoms with Gasteiger partial charge in [0.2, 0.25) is 0 Å². The Morgan fingerprint density at radius 1 is 1.00 bits per heavy atom. The summed E-state index contributed by atoms with van der Waals surface area (Å²) in [6.45, 7) is 7.65. The van der Waals surface area contributed by atoms with Crippen LogP contribution in [0.1, 0.15) is 45.4 Å². The molecule has 0 aromatic rings. The molecule has 1 unspecified atom stereocenters. The molecule has 5 heteroatoms. The molecule has 0 heterocycles. The van der Waals surface area contributed by atoms with Crippen molar-refractivity contribution in [2.75, 3.05) is 32.8 Å². The van der Waals surface area contributed by atoms with Gasteiger partial charge in [0.15, 0.2) is 0 Å². The molecular weight excluding hydrogens is 254 g/mol.